The lowest BCUT2D eigenvalue weighted by atomic mass is 10.1. The Kier molecular flexibility index (Phi) is 7.97. The predicted octanol–water partition coefficient (Wildman–Crippen LogP) is 8.06. The number of benzene rings is 1. The molecule has 0 nitrogen and oxygen atoms in total. The molecule has 0 fully saturated rings. The van der Waals surface area contributed by atoms with E-state index >= 15 is 0 Å². The van der Waals surface area contributed by atoms with Crippen molar-refractivity contribution in [2.24, 2.45) is 0 Å². The smallest absolute Gasteiger partial charge is 0.00608 e. The highest BCUT2D eigenvalue weighted by atomic mass is 31.1. The van der Waals surface area contributed by atoms with Crippen molar-refractivity contribution in [3.05, 3.63) is 35.4 Å². The van der Waals surface area contributed by atoms with Gasteiger partial charge in [-0.05, 0) is 45.1 Å². The quantitative estimate of drug-likeness (QED) is 0.447. The van der Waals surface area contributed by atoms with Gasteiger partial charge in [0.1, 0.15) is 0 Å². The lowest BCUT2D eigenvalue weighted by Crippen LogP contribution is -2.26. The molecule has 0 aliphatic rings. The Morgan fingerprint density at radius 1 is 0.708 bits per heavy atom. The molecule has 2 heteroatoms. The molecule has 0 aromatic heterocycles. The molecule has 0 atom stereocenters. The summed E-state index contributed by atoms with van der Waals surface area (Å²) in [4.78, 5) is 0. The van der Waals surface area contributed by atoms with Crippen LogP contribution in [-0.4, -0.2) is 21.6 Å². The number of rotatable bonds is 6. The largest absolute Gasteiger partial charge is 0.0969 e. The highest BCUT2D eigenvalue weighted by molar-refractivity contribution is 7.60. The van der Waals surface area contributed by atoms with Gasteiger partial charge in [-0.15, -0.1) is 0 Å². The minimum atomic E-state index is -0.0837. The molecule has 138 valence electrons. The lowest BCUT2D eigenvalue weighted by Gasteiger charge is -2.42. The second kappa shape index (κ2) is 8.64. The van der Waals surface area contributed by atoms with Crippen LogP contribution in [-0.2, 0) is 12.3 Å². The molecule has 24 heavy (non-hydrogen) atoms. The Bertz CT molecular complexity index is 481. The first kappa shape index (κ1) is 22.1. The summed E-state index contributed by atoms with van der Waals surface area (Å²) in [6.07, 6.45) is 2.55. The molecule has 1 rings (SSSR count). The van der Waals surface area contributed by atoms with Gasteiger partial charge < -0.3 is 0 Å². The number of hydrogen-bond acceptors (Lipinski definition) is 0. The van der Waals surface area contributed by atoms with E-state index in [0.717, 1.165) is 11.3 Å². The fraction of sp³-hybridized carbons (Fsp3) is 0.727. The van der Waals surface area contributed by atoms with Gasteiger partial charge in [-0.3, -0.25) is 0 Å². The summed E-state index contributed by atoms with van der Waals surface area (Å²) in [6.45, 7) is 24.2. The maximum Gasteiger partial charge on any atom is -0.00608 e. The number of hydrogen-bond donors (Lipinski definition) is 0. The van der Waals surface area contributed by atoms with E-state index in [1.807, 2.05) is 0 Å². The lowest BCUT2D eigenvalue weighted by molar-refractivity contribution is 0.702. The van der Waals surface area contributed by atoms with Crippen LogP contribution in [0.5, 0.6) is 0 Å². The molecule has 0 amide bonds. The van der Waals surface area contributed by atoms with Crippen molar-refractivity contribution in [1.29, 1.82) is 0 Å². The Morgan fingerprint density at radius 2 is 1.08 bits per heavy atom. The maximum atomic E-state index is 2.43. The normalized spacial score (nSPS) is 13.6. The van der Waals surface area contributed by atoms with Crippen molar-refractivity contribution in [2.75, 3.05) is 0 Å². The summed E-state index contributed by atoms with van der Waals surface area (Å²) in [5.74, 6) is 0. The van der Waals surface area contributed by atoms with Crippen LogP contribution in [0.2, 0.25) is 0 Å². The molecule has 0 unspecified atom stereocenters. The van der Waals surface area contributed by atoms with Crippen molar-refractivity contribution < 1.29 is 0 Å². The summed E-state index contributed by atoms with van der Waals surface area (Å²) in [7, 11) is -0.0288. The van der Waals surface area contributed by atoms with Crippen LogP contribution >= 0.6 is 15.8 Å². The first-order valence-electron chi connectivity index (χ1n) is 9.44. The zero-order valence-electron chi connectivity index (χ0n) is 17.8. The minimum absolute atomic E-state index is 0.0549. The van der Waals surface area contributed by atoms with Gasteiger partial charge in [0.2, 0.25) is 0 Å². The molecule has 1 aromatic carbocycles. The second-order valence-electron chi connectivity index (χ2n) is 9.56. The molecular weight excluding hydrogens is 326 g/mol. The molecule has 0 radical (unpaired) electrons. The van der Waals surface area contributed by atoms with E-state index in [1.54, 1.807) is 11.1 Å². The Labute approximate surface area is 154 Å². The van der Waals surface area contributed by atoms with Gasteiger partial charge in [0.15, 0.2) is 0 Å². The highest BCUT2D eigenvalue weighted by Gasteiger charge is 2.34. The van der Waals surface area contributed by atoms with Crippen molar-refractivity contribution in [3.8, 4) is 0 Å². The third-order valence-electron chi connectivity index (χ3n) is 4.75. The zero-order valence-corrected chi connectivity index (χ0v) is 19.6. The first-order chi connectivity index (χ1) is 10.8. The minimum Gasteiger partial charge on any atom is -0.0969 e. The fourth-order valence-electron chi connectivity index (χ4n) is 3.68. The molecule has 0 bridgehead atoms. The predicted molar refractivity (Wildman–Crippen MR) is 117 cm³/mol. The van der Waals surface area contributed by atoms with Gasteiger partial charge in [0.05, 0.1) is 0 Å². The summed E-state index contributed by atoms with van der Waals surface area (Å²) in [6, 6.07) is 9.28. The summed E-state index contributed by atoms with van der Waals surface area (Å²) in [5, 5.41) is 0.781. The molecule has 0 saturated heterocycles. The van der Waals surface area contributed by atoms with E-state index in [0.29, 0.717) is 10.3 Å². The maximum absolute atomic E-state index is 2.43. The first-order valence-corrected chi connectivity index (χ1v) is 12.6. The molecule has 0 N–H and O–H groups in total. The van der Waals surface area contributed by atoms with Gasteiger partial charge in [-0.2, -0.15) is 0 Å². The second-order valence-corrected chi connectivity index (χ2v) is 16.8. The average molecular weight is 367 g/mol. The molecular formula is C22H40P2. The van der Waals surface area contributed by atoms with E-state index in [4.69, 9.17) is 0 Å². The SMILES string of the molecule is CC(C)P(Cc1ccccc1CP(C(C)(C)C)C(C)(C)C)C(C)C. The van der Waals surface area contributed by atoms with E-state index < -0.39 is 0 Å². The van der Waals surface area contributed by atoms with E-state index in [2.05, 4.69) is 93.5 Å². The molecule has 0 heterocycles. The molecule has 1 aromatic rings. The Balaban J connectivity index is 3.13. The van der Waals surface area contributed by atoms with Crippen LogP contribution in [0, 0.1) is 0 Å². The zero-order chi connectivity index (χ0) is 18.7. The Morgan fingerprint density at radius 3 is 1.42 bits per heavy atom. The van der Waals surface area contributed by atoms with E-state index in [-0.39, 0.29) is 15.8 Å². The molecule has 0 saturated carbocycles. The Hall–Kier alpha value is 0.0800. The van der Waals surface area contributed by atoms with Gasteiger partial charge in [0, 0.05) is 0 Å². The van der Waals surface area contributed by atoms with Crippen molar-refractivity contribution in [2.45, 2.75) is 103 Å². The average Bonchev–Trinajstić information content (AvgIpc) is 2.39. The van der Waals surface area contributed by atoms with Crippen LogP contribution in [0.4, 0.5) is 0 Å². The fourth-order valence-corrected chi connectivity index (χ4v) is 9.91. The topological polar surface area (TPSA) is 0 Å². The summed E-state index contributed by atoms with van der Waals surface area (Å²) in [5.41, 5.74) is 4.84. The van der Waals surface area contributed by atoms with E-state index in [9.17, 15) is 0 Å². The molecule has 0 aliphatic carbocycles. The monoisotopic (exact) mass is 366 g/mol. The van der Waals surface area contributed by atoms with Crippen LogP contribution in [0.1, 0.15) is 80.4 Å². The van der Waals surface area contributed by atoms with E-state index in [1.165, 1.54) is 12.3 Å². The summed E-state index contributed by atoms with van der Waals surface area (Å²) >= 11 is 0. The van der Waals surface area contributed by atoms with Crippen LogP contribution in [0.25, 0.3) is 0 Å². The van der Waals surface area contributed by atoms with Gasteiger partial charge >= 0.3 is 0 Å². The van der Waals surface area contributed by atoms with Crippen molar-refractivity contribution in [1.82, 2.24) is 0 Å². The van der Waals surface area contributed by atoms with Gasteiger partial charge in [-0.25, -0.2) is 0 Å². The van der Waals surface area contributed by atoms with Crippen LogP contribution < -0.4 is 0 Å². The summed E-state index contributed by atoms with van der Waals surface area (Å²) < 4.78 is 0. The van der Waals surface area contributed by atoms with Gasteiger partial charge in [0.25, 0.3) is 0 Å². The molecule has 0 spiro atoms. The third-order valence-corrected chi connectivity index (χ3v) is 12.0. The van der Waals surface area contributed by atoms with Gasteiger partial charge in [-0.1, -0.05) is 109 Å². The highest BCUT2D eigenvalue weighted by Crippen LogP contribution is 2.61. The van der Waals surface area contributed by atoms with Crippen molar-refractivity contribution >= 4 is 15.8 Å². The van der Waals surface area contributed by atoms with Crippen molar-refractivity contribution in [3.63, 3.8) is 0 Å². The third kappa shape index (κ3) is 6.42. The van der Waals surface area contributed by atoms with Crippen LogP contribution in [0.15, 0.2) is 24.3 Å². The molecule has 0 aliphatic heterocycles. The standard InChI is InChI=1S/C22H40P2/c1-17(2)23(18(3)4)15-19-13-11-12-14-20(19)16-24(21(5,6)7)22(8,9)10/h11-14,17-18H,15-16H2,1-10H3. The van der Waals surface area contributed by atoms with Crippen LogP contribution in [0.3, 0.4) is 0 Å².